The van der Waals surface area contributed by atoms with E-state index in [1.54, 1.807) is 7.11 Å². The Bertz CT molecular complexity index is 772. The first kappa shape index (κ1) is 21.3. The minimum Gasteiger partial charge on any atom is -0.496 e. The first-order chi connectivity index (χ1) is 13.7. The summed E-state index contributed by atoms with van der Waals surface area (Å²) < 4.78 is 5.39. The predicted molar refractivity (Wildman–Crippen MR) is 115 cm³/mol. The fourth-order valence-corrected chi connectivity index (χ4v) is 2.68. The standard InChI is InChI=1S/C22H30N4O2/c1-4-8-21(27)26-19-13-11-17(12-14-19)15-24-22(23-5-2)25-16-18-9-6-7-10-20(18)28-3/h6-7,9-14H,4-5,8,15-16H2,1-3H3,(H,26,27)(H2,23,24,25). The first-order valence-corrected chi connectivity index (χ1v) is 9.69. The number of nitrogens with zero attached hydrogens (tertiary/aromatic N) is 1. The molecule has 0 bridgehead atoms. The largest absolute Gasteiger partial charge is 0.496 e. The summed E-state index contributed by atoms with van der Waals surface area (Å²) in [5, 5.41) is 9.48. The van der Waals surface area contributed by atoms with Gasteiger partial charge in [0.25, 0.3) is 0 Å². The molecule has 3 N–H and O–H groups in total. The molecule has 0 saturated carbocycles. The number of amides is 1. The van der Waals surface area contributed by atoms with Crippen LogP contribution >= 0.6 is 0 Å². The number of rotatable bonds is 9. The Balaban J connectivity index is 1.95. The molecule has 0 aromatic heterocycles. The molecular formula is C22H30N4O2. The number of para-hydroxylation sites is 1. The molecule has 0 radical (unpaired) electrons. The van der Waals surface area contributed by atoms with Crippen molar-refractivity contribution in [3.05, 3.63) is 59.7 Å². The zero-order valence-corrected chi connectivity index (χ0v) is 16.9. The van der Waals surface area contributed by atoms with Crippen LogP contribution < -0.4 is 20.7 Å². The highest BCUT2D eigenvalue weighted by molar-refractivity contribution is 5.90. The lowest BCUT2D eigenvalue weighted by Crippen LogP contribution is -2.36. The Hall–Kier alpha value is -3.02. The van der Waals surface area contributed by atoms with Gasteiger partial charge in [-0.15, -0.1) is 0 Å². The van der Waals surface area contributed by atoms with Crippen LogP contribution in [-0.2, 0) is 17.9 Å². The monoisotopic (exact) mass is 382 g/mol. The van der Waals surface area contributed by atoms with Gasteiger partial charge in [0.2, 0.25) is 5.91 Å². The van der Waals surface area contributed by atoms with Crippen LogP contribution in [-0.4, -0.2) is 25.5 Å². The van der Waals surface area contributed by atoms with Gasteiger partial charge < -0.3 is 20.7 Å². The maximum atomic E-state index is 11.7. The van der Waals surface area contributed by atoms with E-state index in [9.17, 15) is 4.79 Å². The minimum atomic E-state index is 0.0447. The van der Waals surface area contributed by atoms with Crippen molar-refractivity contribution in [2.24, 2.45) is 4.99 Å². The van der Waals surface area contributed by atoms with Crippen LogP contribution in [0.15, 0.2) is 53.5 Å². The first-order valence-electron chi connectivity index (χ1n) is 9.69. The van der Waals surface area contributed by atoms with E-state index in [1.165, 1.54) is 0 Å². The third kappa shape index (κ3) is 6.95. The molecule has 28 heavy (non-hydrogen) atoms. The van der Waals surface area contributed by atoms with Gasteiger partial charge in [0, 0.05) is 30.8 Å². The molecule has 0 saturated heterocycles. The molecule has 2 rings (SSSR count). The number of guanidine groups is 1. The summed E-state index contributed by atoms with van der Waals surface area (Å²) in [4.78, 5) is 16.3. The van der Waals surface area contributed by atoms with Crippen molar-refractivity contribution >= 4 is 17.6 Å². The number of anilines is 1. The van der Waals surface area contributed by atoms with Crippen LogP contribution in [0.2, 0.25) is 0 Å². The van der Waals surface area contributed by atoms with Gasteiger partial charge >= 0.3 is 0 Å². The van der Waals surface area contributed by atoms with Crippen LogP contribution in [0.5, 0.6) is 5.75 Å². The van der Waals surface area contributed by atoms with Gasteiger partial charge in [-0.1, -0.05) is 37.3 Å². The number of nitrogens with one attached hydrogen (secondary N) is 3. The van der Waals surface area contributed by atoms with Crippen molar-refractivity contribution in [2.75, 3.05) is 19.0 Å². The molecule has 2 aromatic carbocycles. The van der Waals surface area contributed by atoms with Gasteiger partial charge in [-0.3, -0.25) is 4.79 Å². The van der Waals surface area contributed by atoms with Crippen LogP contribution in [0.3, 0.4) is 0 Å². The SMILES string of the molecule is CCCC(=O)Nc1ccc(CN=C(NCC)NCc2ccccc2OC)cc1. The molecule has 0 spiro atoms. The van der Waals surface area contributed by atoms with E-state index in [2.05, 4.69) is 20.9 Å². The Morgan fingerprint density at radius 2 is 1.79 bits per heavy atom. The lowest BCUT2D eigenvalue weighted by Gasteiger charge is -2.13. The summed E-state index contributed by atoms with van der Waals surface area (Å²) in [5.74, 6) is 1.64. The zero-order valence-electron chi connectivity index (χ0n) is 16.9. The third-order valence-corrected chi connectivity index (χ3v) is 4.12. The van der Waals surface area contributed by atoms with E-state index in [0.717, 1.165) is 41.5 Å². The number of carbonyl (C=O) groups is 1. The van der Waals surface area contributed by atoms with Crippen molar-refractivity contribution < 1.29 is 9.53 Å². The number of methoxy groups -OCH3 is 1. The Morgan fingerprint density at radius 1 is 1.04 bits per heavy atom. The Labute approximate surface area is 167 Å². The van der Waals surface area contributed by atoms with E-state index >= 15 is 0 Å². The Morgan fingerprint density at radius 3 is 2.46 bits per heavy atom. The van der Waals surface area contributed by atoms with Crippen molar-refractivity contribution in [1.29, 1.82) is 0 Å². The second-order valence-electron chi connectivity index (χ2n) is 6.36. The van der Waals surface area contributed by atoms with Crippen molar-refractivity contribution in [3.8, 4) is 5.75 Å². The normalized spacial score (nSPS) is 11.0. The highest BCUT2D eigenvalue weighted by atomic mass is 16.5. The molecule has 0 unspecified atom stereocenters. The number of hydrogen-bond acceptors (Lipinski definition) is 3. The summed E-state index contributed by atoms with van der Waals surface area (Å²) in [5.41, 5.74) is 2.96. The second-order valence-corrected chi connectivity index (χ2v) is 6.36. The van der Waals surface area contributed by atoms with Crippen LogP contribution in [0.4, 0.5) is 5.69 Å². The third-order valence-electron chi connectivity index (χ3n) is 4.12. The Kier molecular flexibility index (Phi) is 8.85. The second kappa shape index (κ2) is 11.6. The molecular weight excluding hydrogens is 352 g/mol. The highest BCUT2D eigenvalue weighted by Crippen LogP contribution is 2.16. The van der Waals surface area contributed by atoms with E-state index in [-0.39, 0.29) is 5.91 Å². The lowest BCUT2D eigenvalue weighted by molar-refractivity contribution is -0.116. The van der Waals surface area contributed by atoms with Crippen molar-refractivity contribution in [2.45, 2.75) is 39.8 Å². The summed E-state index contributed by atoms with van der Waals surface area (Å²) >= 11 is 0. The number of benzene rings is 2. The zero-order chi connectivity index (χ0) is 20.2. The molecule has 2 aromatic rings. The van der Waals surface area contributed by atoms with Crippen molar-refractivity contribution in [3.63, 3.8) is 0 Å². The van der Waals surface area contributed by atoms with Crippen LogP contribution in [0.25, 0.3) is 0 Å². The smallest absolute Gasteiger partial charge is 0.224 e. The van der Waals surface area contributed by atoms with E-state index < -0.39 is 0 Å². The van der Waals surface area contributed by atoms with Gasteiger partial charge in [-0.05, 0) is 37.1 Å². The minimum absolute atomic E-state index is 0.0447. The average molecular weight is 383 g/mol. The average Bonchev–Trinajstić information content (AvgIpc) is 2.71. The van der Waals surface area contributed by atoms with Gasteiger partial charge in [0.05, 0.1) is 13.7 Å². The van der Waals surface area contributed by atoms with Gasteiger partial charge in [-0.25, -0.2) is 4.99 Å². The molecule has 6 nitrogen and oxygen atoms in total. The maximum Gasteiger partial charge on any atom is 0.224 e. The molecule has 1 amide bonds. The molecule has 0 heterocycles. The number of hydrogen-bond donors (Lipinski definition) is 3. The molecule has 0 atom stereocenters. The number of carbonyl (C=O) groups excluding carboxylic acids is 1. The fraction of sp³-hybridized carbons (Fsp3) is 0.364. The number of aliphatic imine (C=N–C) groups is 1. The van der Waals surface area contributed by atoms with E-state index in [1.807, 2.05) is 62.4 Å². The topological polar surface area (TPSA) is 74.8 Å². The van der Waals surface area contributed by atoms with Crippen LogP contribution in [0.1, 0.15) is 37.8 Å². The quantitative estimate of drug-likeness (QED) is 0.457. The van der Waals surface area contributed by atoms with Crippen molar-refractivity contribution in [1.82, 2.24) is 10.6 Å². The van der Waals surface area contributed by atoms with E-state index in [0.29, 0.717) is 19.5 Å². The van der Waals surface area contributed by atoms with Gasteiger partial charge in [0.1, 0.15) is 5.75 Å². The molecule has 0 fully saturated rings. The summed E-state index contributed by atoms with van der Waals surface area (Å²) in [6.45, 7) is 5.97. The van der Waals surface area contributed by atoms with Crippen LogP contribution in [0, 0.1) is 0 Å². The lowest BCUT2D eigenvalue weighted by atomic mass is 10.2. The summed E-state index contributed by atoms with van der Waals surface area (Å²) in [6, 6.07) is 15.7. The molecule has 6 heteroatoms. The molecule has 0 aliphatic carbocycles. The van der Waals surface area contributed by atoms with Gasteiger partial charge in [0.15, 0.2) is 5.96 Å². The summed E-state index contributed by atoms with van der Waals surface area (Å²) in [6.07, 6.45) is 1.38. The highest BCUT2D eigenvalue weighted by Gasteiger charge is 2.04. The molecule has 0 aliphatic heterocycles. The van der Waals surface area contributed by atoms with Gasteiger partial charge in [-0.2, -0.15) is 0 Å². The van der Waals surface area contributed by atoms with E-state index in [4.69, 9.17) is 4.74 Å². The fourth-order valence-electron chi connectivity index (χ4n) is 2.68. The summed E-state index contributed by atoms with van der Waals surface area (Å²) in [7, 11) is 1.67. The number of ether oxygens (including phenoxy) is 1. The maximum absolute atomic E-state index is 11.7. The predicted octanol–water partition coefficient (Wildman–Crippen LogP) is 3.69. The molecule has 0 aliphatic rings. The molecule has 150 valence electrons.